The molecule has 0 aliphatic carbocycles. The third kappa shape index (κ3) is 4.21. The molecular formula is C20H25N5O6. The number of rotatable bonds is 6. The van der Waals surface area contributed by atoms with Gasteiger partial charge in [0.25, 0.3) is 0 Å². The fourth-order valence-electron chi connectivity index (χ4n) is 4.04. The van der Waals surface area contributed by atoms with Crippen molar-refractivity contribution in [2.75, 3.05) is 31.1 Å². The van der Waals surface area contributed by atoms with Crippen LogP contribution in [0.15, 0.2) is 30.5 Å². The molecule has 1 saturated heterocycles. The highest BCUT2D eigenvalue weighted by molar-refractivity contribution is 5.66. The first kappa shape index (κ1) is 20.8. The lowest BCUT2D eigenvalue weighted by Gasteiger charge is -2.40. The van der Waals surface area contributed by atoms with Gasteiger partial charge in [-0.3, -0.25) is 4.57 Å². The highest BCUT2D eigenvalue weighted by Gasteiger charge is 2.41. The highest BCUT2D eigenvalue weighted by atomic mass is 16.6. The molecule has 2 atom stereocenters. The Kier molecular flexibility index (Phi) is 5.34. The lowest BCUT2D eigenvalue weighted by atomic mass is 10.1. The number of fused-ring (bicyclic) bond motifs is 1. The maximum absolute atomic E-state index is 11.4. The number of hydrogen-bond acceptors (Lipinski definition) is 7. The van der Waals surface area contributed by atoms with Crippen LogP contribution in [0.3, 0.4) is 0 Å². The first-order chi connectivity index (χ1) is 14.8. The molecule has 11 heteroatoms. The number of piperazine rings is 1. The largest absolute Gasteiger partial charge is 0.489 e. The third-order valence-electron chi connectivity index (χ3n) is 5.70. The van der Waals surface area contributed by atoms with Crippen LogP contribution >= 0.6 is 0 Å². The van der Waals surface area contributed by atoms with Crippen molar-refractivity contribution in [3.8, 4) is 11.8 Å². The SMILES string of the molecule is CCC1CN(c2ccc(OCC3(C)Cn4cc([N+](=O)[O-])nc4O3)cc2)CCN1C(=O)O. The maximum Gasteiger partial charge on any atom is 0.415 e. The van der Waals surface area contributed by atoms with Gasteiger partial charge >= 0.3 is 17.9 Å². The molecule has 166 valence electrons. The van der Waals surface area contributed by atoms with Crippen LogP contribution in [-0.2, 0) is 6.54 Å². The molecular weight excluding hydrogens is 406 g/mol. The van der Waals surface area contributed by atoms with Gasteiger partial charge in [-0.05, 0) is 42.5 Å². The van der Waals surface area contributed by atoms with Crippen molar-refractivity contribution in [2.45, 2.75) is 38.5 Å². The molecule has 1 amide bonds. The molecule has 1 aromatic heterocycles. The molecule has 2 aliphatic heterocycles. The van der Waals surface area contributed by atoms with Crippen LogP contribution in [0, 0.1) is 10.1 Å². The Hall–Kier alpha value is -3.50. The molecule has 11 nitrogen and oxygen atoms in total. The fourth-order valence-corrected chi connectivity index (χ4v) is 4.04. The minimum Gasteiger partial charge on any atom is -0.489 e. The molecule has 2 aromatic rings. The fraction of sp³-hybridized carbons (Fsp3) is 0.500. The zero-order valence-electron chi connectivity index (χ0n) is 17.4. The van der Waals surface area contributed by atoms with Gasteiger partial charge in [-0.1, -0.05) is 6.92 Å². The number of imidazole rings is 1. The van der Waals surface area contributed by atoms with E-state index in [0.717, 1.165) is 12.1 Å². The summed E-state index contributed by atoms with van der Waals surface area (Å²) in [6.45, 7) is 6.33. The molecule has 0 radical (unpaired) electrons. The normalized spacial score (nSPS) is 22.7. The van der Waals surface area contributed by atoms with Crippen molar-refractivity contribution in [3.63, 3.8) is 0 Å². The number of hydrogen-bond donors (Lipinski definition) is 1. The number of ether oxygens (including phenoxy) is 2. The first-order valence-corrected chi connectivity index (χ1v) is 10.2. The molecule has 0 bridgehead atoms. The second-order valence-electron chi connectivity index (χ2n) is 8.09. The van der Waals surface area contributed by atoms with Crippen molar-refractivity contribution in [3.05, 3.63) is 40.6 Å². The predicted octanol–water partition coefficient (Wildman–Crippen LogP) is 2.60. The molecule has 0 spiro atoms. The van der Waals surface area contributed by atoms with Crippen LogP contribution in [0.25, 0.3) is 0 Å². The lowest BCUT2D eigenvalue weighted by molar-refractivity contribution is -0.389. The van der Waals surface area contributed by atoms with E-state index in [1.54, 1.807) is 4.57 Å². The average Bonchev–Trinajstić information content (AvgIpc) is 3.27. The van der Waals surface area contributed by atoms with Gasteiger partial charge in [-0.15, -0.1) is 0 Å². The first-order valence-electron chi connectivity index (χ1n) is 10.2. The number of amides is 1. The summed E-state index contributed by atoms with van der Waals surface area (Å²) in [6.07, 6.45) is 1.26. The summed E-state index contributed by atoms with van der Waals surface area (Å²) in [4.78, 5) is 29.2. The predicted molar refractivity (Wildman–Crippen MR) is 111 cm³/mol. The molecule has 31 heavy (non-hydrogen) atoms. The van der Waals surface area contributed by atoms with E-state index in [9.17, 15) is 20.0 Å². The number of nitrogens with zero attached hydrogens (tertiary/aromatic N) is 5. The molecule has 2 aliphatic rings. The summed E-state index contributed by atoms with van der Waals surface area (Å²) in [5.41, 5.74) is 0.351. The van der Waals surface area contributed by atoms with Gasteiger partial charge in [0.05, 0.1) is 12.6 Å². The van der Waals surface area contributed by atoms with Crippen molar-refractivity contribution >= 4 is 17.6 Å². The smallest absolute Gasteiger partial charge is 0.415 e. The van der Waals surface area contributed by atoms with Crippen molar-refractivity contribution in [2.24, 2.45) is 0 Å². The van der Waals surface area contributed by atoms with Crippen molar-refractivity contribution in [1.82, 2.24) is 14.5 Å². The minimum absolute atomic E-state index is 0.0242. The van der Waals surface area contributed by atoms with Gasteiger partial charge < -0.3 is 34.5 Å². The van der Waals surface area contributed by atoms with E-state index in [0.29, 0.717) is 31.9 Å². The summed E-state index contributed by atoms with van der Waals surface area (Å²) >= 11 is 0. The molecule has 0 saturated carbocycles. The van der Waals surface area contributed by atoms with Crippen LogP contribution in [-0.4, -0.2) is 68.5 Å². The van der Waals surface area contributed by atoms with E-state index < -0.39 is 16.6 Å². The molecule has 1 aromatic carbocycles. The lowest BCUT2D eigenvalue weighted by Crippen LogP contribution is -2.54. The third-order valence-corrected chi connectivity index (χ3v) is 5.70. The second-order valence-corrected chi connectivity index (χ2v) is 8.09. The number of benzene rings is 1. The van der Waals surface area contributed by atoms with E-state index >= 15 is 0 Å². The monoisotopic (exact) mass is 431 g/mol. The highest BCUT2D eigenvalue weighted by Crippen LogP contribution is 2.32. The van der Waals surface area contributed by atoms with Crippen LogP contribution in [0.4, 0.5) is 16.3 Å². The Morgan fingerprint density at radius 2 is 2.13 bits per heavy atom. The zero-order chi connectivity index (χ0) is 22.2. The second kappa shape index (κ2) is 7.97. The van der Waals surface area contributed by atoms with E-state index in [2.05, 4.69) is 9.88 Å². The van der Waals surface area contributed by atoms with Crippen LogP contribution in [0.5, 0.6) is 11.8 Å². The number of aromatic nitrogens is 2. The van der Waals surface area contributed by atoms with Crippen LogP contribution in [0.2, 0.25) is 0 Å². The molecule has 1 fully saturated rings. The zero-order valence-corrected chi connectivity index (χ0v) is 17.4. The number of anilines is 1. The van der Waals surface area contributed by atoms with E-state index in [1.165, 1.54) is 11.1 Å². The Labute approximate surface area is 178 Å². The summed E-state index contributed by atoms with van der Waals surface area (Å²) in [5.74, 6) is 0.448. The topological polar surface area (TPSA) is 123 Å². The van der Waals surface area contributed by atoms with Crippen LogP contribution in [0.1, 0.15) is 20.3 Å². The average molecular weight is 431 g/mol. The van der Waals surface area contributed by atoms with Gasteiger partial charge in [-0.25, -0.2) is 4.79 Å². The molecule has 1 N–H and O–H groups in total. The standard InChI is InChI=1S/C20H25N5O6/c1-3-14-10-22(8-9-24(14)19(26)27)15-4-6-16(7-5-15)30-13-20(2)12-23-11-17(25(28)29)21-18(23)31-20/h4-7,11,14H,3,8-10,12-13H2,1-2H3,(H,26,27). The van der Waals surface area contributed by atoms with Gasteiger partial charge in [0.15, 0.2) is 5.60 Å². The van der Waals surface area contributed by atoms with E-state index in [4.69, 9.17) is 9.47 Å². The van der Waals surface area contributed by atoms with Gasteiger partial charge in [0, 0.05) is 30.3 Å². The number of carbonyl (C=O) groups is 1. The quantitative estimate of drug-likeness (QED) is 0.547. The maximum atomic E-state index is 11.4. The number of nitro groups is 1. The Bertz CT molecular complexity index is 951. The van der Waals surface area contributed by atoms with Crippen molar-refractivity contribution < 1.29 is 24.3 Å². The Balaban J connectivity index is 1.33. The van der Waals surface area contributed by atoms with Gasteiger partial charge in [-0.2, -0.15) is 0 Å². The van der Waals surface area contributed by atoms with Gasteiger partial charge in [0.1, 0.15) is 18.6 Å². The molecule has 2 unspecified atom stereocenters. The summed E-state index contributed by atoms with van der Waals surface area (Å²) < 4.78 is 13.3. The number of carboxylic acid groups (broad SMARTS) is 1. The van der Waals surface area contributed by atoms with Gasteiger partial charge in [0.2, 0.25) is 0 Å². The minimum atomic E-state index is -0.866. The van der Waals surface area contributed by atoms with Crippen molar-refractivity contribution in [1.29, 1.82) is 0 Å². The van der Waals surface area contributed by atoms with Crippen LogP contribution < -0.4 is 14.4 Å². The van der Waals surface area contributed by atoms with E-state index in [-0.39, 0.29) is 24.5 Å². The summed E-state index contributed by atoms with van der Waals surface area (Å²) in [6, 6.07) is 7.88. The molecule has 3 heterocycles. The Morgan fingerprint density at radius 1 is 1.39 bits per heavy atom. The van der Waals surface area contributed by atoms with E-state index in [1.807, 2.05) is 38.1 Å². The Morgan fingerprint density at radius 3 is 2.74 bits per heavy atom. The molecule has 4 rings (SSSR count). The summed E-state index contributed by atoms with van der Waals surface area (Å²) in [5, 5.41) is 20.1. The summed E-state index contributed by atoms with van der Waals surface area (Å²) in [7, 11) is 0.